The van der Waals surface area contributed by atoms with E-state index in [1.165, 1.54) is 16.7 Å². The third-order valence-electron chi connectivity index (χ3n) is 4.69. The molecule has 0 amide bonds. The van der Waals surface area contributed by atoms with Gasteiger partial charge in [0.25, 0.3) is 0 Å². The van der Waals surface area contributed by atoms with Gasteiger partial charge in [-0.1, -0.05) is 0 Å². The maximum absolute atomic E-state index is 5.32. The zero-order valence-corrected chi connectivity index (χ0v) is 16.3. The van der Waals surface area contributed by atoms with Gasteiger partial charge in [-0.05, 0) is 0 Å². The molecule has 0 aliphatic carbocycles. The second kappa shape index (κ2) is 7.43. The number of rotatable bonds is 5. The fourth-order valence-electron chi connectivity index (χ4n) is 3.12. The van der Waals surface area contributed by atoms with Crippen LogP contribution in [0, 0.1) is 0 Å². The Labute approximate surface area is 160 Å². The summed E-state index contributed by atoms with van der Waals surface area (Å²) in [6.07, 6.45) is 0. The molecule has 24 heavy (non-hydrogen) atoms. The summed E-state index contributed by atoms with van der Waals surface area (Å²) in [5.74, 6) is 1.76. The molecule has 0 aromatic heterocycles. The van der Waals surface area contributed by atoms with Crippen LogP contribution in [0.15, 0.2) is 78.9 Å². The van der Waals surface area contributed by atoms with Crippen LogP contribution in [0.5, 0.6) is 11.5 Å². The van der Waals surface area contributed by atoms with Crippen molar-refractivity contribution in [3.63, 3.8) is 0 Å². The number of hydrogen-bond acceptors (Lipinski definition) is 2. The molecule has 0 saturated heterocycles. The molecular weight excluding hydrogens is 307 g/mol. The van der Waals surface area contributed by atoms with E-state index < -0.39 is 0 Å². The zero-order chi connectivity index (χ0) is 17.0. The van der Waals surface area contributed by atoms with Gasteiger partial charge in [-0.25, -0.2) is 0 Å². The molecular formula is C21H19NaO2. The summed E-state index contributed by atoms with van der Waals surface area (Å²) < 4.78 is 10.5. The van der Waals surface area contributed by atoms with Crippen LogP contribution in [0.4, 0.5) is 0 Å². The molecule has 0 unspecified atom stereocenters. The molecule has 0 atom stereocenters. The summed E-state index contributed by atoms with van der Waals surface area (Å²) in [6.45, 7) is 0. The van der Waals surface area contributed by atoms with Gasteiger partial charge < -0.3 is 0 Å². The second-order valence-electron chi connectivity index (χ2n) is 5.95. The van der Waals surface area contributed by atoms with Crippen LogP contribution in [0.3, 0.4) is 0 Å². The predicted octanol–water partition coefficient (Wildman–Crippen LogP) is 4.16. The molecule has 0 saturated carbocycles. The molecule has 0 bridgehead atoms. The van der Waals surface area contributed by atoms with Crippen molar-refractivity contribution in [2.24, 2.45) is 0 Å². The Kier molecular flexibility index (Phi) is 5.30. The van der Waals surface area contributed by atoms with Gasteiger partial charge in [-0.15, -0.1) is 0 Å². The molecule has 2 nitrogen and oxygen atoms in total. The Bertz CT molecular complexity index is 733. The van der Waals surface area contributed by atoms with Gasteiger partial charge in [0.05, 0.1) is 0 Å². The van der Waals surface area contributed by atoms with E-state index in [2.05, 4.69) is 54.6 Å². The fourth-order valence-corrected chi connectivity index (χ4v) is 4.12. The van der Waals surface area contributed by atoms with Crippen molar-refractivity contribution < 1.29 is 9.47 Å². The van der Waals surface area contributed by atoms with Crippen molar-refractivity contribution >= 4 is 27.9 Å². The standard InChI is InChI=1S/C21H19O2.Na/c1-22-19-12-8-17(9-13-19)21(16-6-4-3-5-7-16)18-10-14-20(23-2)15-11-18;/h3-15H,1-2H3;. The van der Waals surface area contributed by atoms with Gasteiger partial charge in [0, 0.05) is 0 Å². The molecule has 0 heterocycles. The van der Waals surface area contributed by atoms with Crippen LogP contribution in [0.2, 0.25) is 0 Å². The van der Waals surface area contributed by atoms with Gasteiger partial charge in [-0.3, -0.25) is 0 Å². The van der Waals surface area contributed by atoms with Crippen LogP contribution in [-0.4, -0.2) is 42.2 Å². The Morgan fingerprint density at radius 2 is 0.958 bits per heavy atom. The van der Waals surface area contributed by atoms with E-state index in [0.29, 0.717) is 0 Å². The van der Waals surface area contributed by atoms with E-state index in [9.17, 15) is 0 Å². The molecule has 0 aliphatic rings. The first-order valence-electron chi connectivity index (χ1n) is 8.03. The van der Waals surface area contributed by atoms with Crippen molar-refractivity contribution in [3.8, 4) is 11.5 Å². The molecule has 3 rings (SSSR count). The summed E-state index contributed by atoms with van der Waals surface area (Å²) in [4.78, 5) is 0. The topological polar surface area (TPSA) is 18.5 Å². The molecule has 3 heteroatoms. The minimum absolute atomic E-state index is 0.111. The van der Waals surface area contributed by atoms with E-state index in [-0.39, 0.29) is 2.66 Å². The van der Waals surface area contributed by atoms with Crippen molar-refractivity contribution in [2.45, 2.75) is 2.66 Å². The van der Waals surface area contributed by atoms with Crippen LogP contribution < -0.4 is 9.47 Å². The Hall–Kier alpha value is -1.74. The Morgan fingerprint density at radius 3 is 1.33 bits per heavy atom. The third-order valence-corrected chi connectivity index (χ3v) is 6.42. The minimum atomic E-state index is -0.111. The Balaban J connectivity index is 2.16. The van der Waals surface area contributed by atoms with E-state index in [0.717, 1.165) is 39.4 Å². The fraction of sp³-hybridized carbons (Fsp3) is 0.143. The molecule has 3 aromatic rings. The number of benzene rings is 3. The molecule has 116 valence electrons. The van der Waals surface area contributed by atoms with Crippen LogP contribution in [0.1, 0.15) is 16.7 Å². The summed E-state index contributed by atoms with van der Waals surface area (Å²) in [5.41, 5.74) is 3.88. The van der Waals surface area contributed by atoms with Gasteiger partial charge in [-0.2, -0.15) is 0 Å². The summed E-state index contributed by atoms with van der Waals surface area (Å²) in [5, 5.41) is 0. The number of hydrogen-bond donors (Lipinski definition) is 0. The first kappa shape index (κ1) is 17.1. The first-order valence-corrected chi connectivity index (χ1v) is 9.03. The molecule has 0 aliphatic heterocycles. The van der Waals surface area contributed by atoms with Crippen molar-refractivity contribution in [2.75, 3.05) is 14.2 Å². The van der Waals surface area contributed by atoms with Crippen molar-refractivity contribution in [3.05, 3.63) is 95.6 Å². The van der Waals surface area contributed by atoms with Gasteiger partial charge in [0.2, 0.25) is 0 Å². The predicted molar refractivity (Wildman–Crippen MR) is 98.1 cm³/mol. The molecule has 3 aromatic carbocycles. The van der Waals surface area contributed by atoms with Crippen molar-refractivity contribution in [1.82, 2.24) is 0 Å². The Morgan fingerprint density at radius 1 is 0.583 bits per heavy atom. The second-order valence-corrected chi connectivity index (χ2v) is 7.45. The van der Waals surface area contributed by atoms with Crippen molar-refractivity contribution in [1.29, 1.82) is 0 Å². The monoisotopic (exact) mass is 326 g/mol. The SMILES string of the molecule is COc1ccc([C]([Na])(c2ccccc2)c2ccc(OC)cc2)cc1. The van der Waals surface area contributed by atoms with Crippen LogP contribution in [0.25, 0.3) is 0 Å². The van der Waals surface area contributed by atoms with Gasteiger partial charge in [0.1, 0.15) is 0 Å². The molecule has 0 N–H and O–H groups in total. The number of ether oxygens (including phenoxy) is 2. The zero-order valence-electron chi connectivity index (χ0n) is 14.3. The van der Waals surface area contributed by atoms with Gasteiger partial charge in [0.15, 0.2) is 0 Å². The first-order chi connectivity index (χ1) is 11.7. The maximum atomic E-state index is 5.32. The van der Waals surface area contributed by atoms with Crippen LogP contribution >= 0.6 is 0 Å². The van der Waals surface area contributed by atoms with E-state index in [1.807, 2.05) is 24.3 Å². The number of methoxy groups -OCH3 is 2. The van der Waals surface area contributed by atoms with E-state index in [1.54, 1.807) is 14.2 Å². The molecule has 0 fully saturated rings. The summed E-state index contributed by atoms with van der Waals surface area (Å²) in [6, 6.07) is 27.5. The van der Waals surface area contributed by atoms with E-state index in [4.69, 9.17) is 9.47 Å². The normalized spacial score (nSPS) is 11.2. The summed E-state index contributed by atoms with van der Waals surface area (Å²) in [7, 11) is 3.40. The summed E-state index contributed by atoms with van der Waals surface area (Å²) >= 11 is 0.948. The third kappa shape index (κ3) is 3.23. The quantitative estimate of drug-likeness (QED) is 0.518. The average molecular weight is 326 g/mol. The van der Waals surface area contributed by atoms with E-state index >= 15 is 0 Å². The molecule has 0 radical (unpaired) electrons. The average Bonchev–Trinajstić information content (AvgIpc) is 2.68. The van der Waals surface area contributed by atoms with Gasteiger partial charge >= 0.3 is 161 Å². The molecule has 0 spiro atoms. The van der Waals surface area contributed by atoms with Crippen LogP contribution in [-0.2, 0) is 2.66 Å².